The van der Waals surface area contributed by atoms with E-state index in [4.69, 9.17) is 10.8 Å². The Bertz CT molecular complexity index is 369. The molecule has 5 heteroatoms. The summed E-state index contributed by atoms with van der Waals surface area (Å²) in [5.41, 5.74) is 7.52. The lowest BCUT2D eigenvalue weighted by Gasteiger charge is -2.37. The monoisotopic (exact) mass is 222 g/mol. The smallest absolute Gasteiger partial charge is 0.152 e. The number of nitrogens with two attached hydrogens (primary N) is 1. The number of pyridine rings is 1. The predicted octanol–water partition coefficient (Wildman–Crippen LogP) is 0.302. The van der Waals surface area contributed by atoms with Gasteiger partial charge in [0.2, 0.25) is 0 Å². The number of anilines is 3. The number of likely N-dealkylation sites (N-methyl/N-ethyl adjacent to an activating group) is 1. The Morgan fingerprint density at radius 1 is 1.44 bits per heavy atom. The Morgan fingerprint density at radius 2 is 2.19 bits per heavy atom. The van der Waals surface area contributed by atoms with Crippen molar-refractivity contribution in [3.05, 3.63) is 12.3 Å². The van der Waals surface area contributed by atoms with Gasteiger partial charge < -0.3 is 20.6 Å². The van der Waals surface area contributed by atoms with Gasteiger partial charge in [-0.25, -0.2) is 4.98 Å². The molecule has 1 aliphatic heterocycles. The van der Waals surface area contributed by atoms with Crippen molar-refractivity contribution in [2.75, 3.05) is 48.3 Å². The minimum Gasteiger partial charge on any atom is -0.397 e. The molecule has 1 aromatic rings. The molecule has 2 rings (SSSR count). The summed E-state index contributed by atoms with van der Waals surface area (Å²) >= 11 is 0. The molecule has 2 heterocycles. The predicted molar refractivity (Wildman–Crippen MR) is 65.8 cm³/mol. The van der Waals surface area contributed by atoms with Gasteiger partial charge in [0, 0.05) is 26.2 Å². The number of nitrogens with zero attached hydrogens (tertiary/aromatic N) is 3. The van der Waals surface area contributed by atoms with Crippen LogP contribution in [0, 0.1) is 0 Å². The number of nitrogen functional groups attached to an aromatic ring is 1. The largest absolute Gasteiger partial charge is 0.397 e. The fourth-order valence-electron chi connectivity index (χ4n) is 2.07. The lowest BCUT2D eigenvalue weighted by Crippen LogP contribution is -2.42. The van der Waals surface area contributed by atoms with Crippen LogP contribution in [0.3, 0.4) is 0 Å². The molecule has 0 unspecified atom stereocenters. The number of β-amino-alcohol motifs (C(OH)–C–C–N with tert-alkyl or cyclic N) is 1. The minimum absolute atomic E-state index is 0.150. The molecule has 1 aliphatic rings. The highest BCUT2D eigenvalue weighted by Crippen LogP contribution is 2.31. The van der Waals surface area contributed by atoms with E-state index in [9.17, 15) is 0 Å². The SMILES string of the molecule is CCN1CCN(CCO)c2ncc(N)cc21. The Kier molecular flexibility index (Phi) is 3.14. The number of hydrogen-bond acceptors (Lipinski definition) is 5. The van der Waals surface area contributed by atoms with E-state index in [0.717, 1.165) is 31.1 Å². The van der Waals surface area contributed by atoms with E-state index in [0.29, 0.717) is 12.2 Å². The second-order valence-electron chi connectivity index (χ2n) is 3.90. The zero-order chi connectivity index (χ0) is 11.5. The van der Waals surface area contributed by atoms with Gasteiger partial charge in [0.25, 0.3) is 0 Å². The maximum Gasteiger partial charge on any atom is 0.152 e. The molecule has 88 valence electrons. The fourth-order valence-corrected chi connectivity index (χ4v) is 2.07. The van der Waals surface area contributed by atoms with Crippen LogP contribution in [0.4, 0.5) is 17.2 Å². The highest BCUT2D eigenvalue weighted by atomic mass is 16.3. The van der Waals surface area contributed by atoms with E-state index in [1.807, 2.05) is 6.07 Å². The normalized spacial score (nSPS) is 15.1. The summed E-state index contributed by atoms with van der Waals surface area (Å²) in [7, 11) is 0. The zero-order valence-corrected chi connectivity index (χ0v) is 9.56. The summed E-state index contributed by atoms with van der Waals surface area (Å²) < 4.78 is 0. The van der Waals surface area contributed by atoms with Crippen LogP contribution in [0.25, 0.3) is 0 Å². The third-order valence-corrected chi connectivity index (χ3v) is 2.90. The Morgan fingerprint density at radius 3 is 2.88 bits per heavy atom. The standard InChI is InChI=1S/C11H18N4O/c1-2-14-3-4-15(5-6-16)11-10(14)7-9(12)8-13-11/h7-8,16H,2-6,12H2,1H3. The molecular formula is C11H18N4O. The third kappa shape index (κ3) is 1.90. The molecule has 0 spiro atoms. The van der Waals surface area contributed by atoms with Gasteiger partial charge in [-0.1, -0.05) is 0 Å². The van der Waals surface area contributed by atoms with Crippen molar-refractivity contribution in [1.29, 1.82) is 0 Å². The first-order valence-electron chi connectivity index (χ1n) is 5.62. The average molecular weight is 222 g/mol. The Balaban J connectivity index is 2.36. The lowest BCUT2D eigenvalue weighted by atomic mass is 10.2. The number of fused-ring (bicyclic) bond motifs is 1. The topological polar surface area (TPSA) is 65.6 Å². The zero-order valence-electron chi connectivity index (χ0n) is 9.56. The van der Waals surface area contributed by atoms with Gasteiger partial charge in [-0.3, -0.25) is 0 Å². The quantitative estimate of drug-likeness (QED) is 0.770. The molecule has 3 N–H and O–H groups in total. The van der Waals surface area contributed by atoms with Crippen molar-refractivity contribution in [2.24, 2.45) is 0 Å². The molecule has 1 aromatic heterocycles. The highest BCUT2D eigenvalue weighted by molar-refractivity contribution is 5.72. The minimum atomic E-state index is 0.150. The van der Waals surface area contributed by atoms with Crippen LogP contribution >= 0.6 is 0 Å². The first-order valence-corrected chi connectivity index (χ1v) is 5.62. The fraction of sp³-hybridized carbons (Fsp3) is 0.545. The molecule has 0 fully saturated rings. The number of rotatable bonds is 3. The van der Waals surface area contributed by atoms with E-state index >= 15 is 0 Å². The maximum absolute atomic E-state index is 9.01. The maximum atomic E-state index is 9.01. The summed E-state index contributed by atoms with van der Waals surface area (Å²) in [4.78, 5) is 8.72. The van der Waals surface area contributed by atoms with E-state index in [1.165, 1.54) is 0 Å². The molecule has 0 saturated heterocycles. The van der Waals surface area contributed by atoms with Crippen LogP contribution in [0.5, 0.6) is 0 Å². The molecule has 0 atom stereocenters. The van der Waals surface area contributed by atoms with E-state index < -0.39 is 0 Å². The third-order valence-electron chi connectivity index (χ3n) is 2.90. The molecule has 0 aromatic carbocycles. The molecule has 0 aliphatic carbocycles. The highest BCUT2D eigenvalue weighted by Gasteiger charge is 2.22. The first-order chi connectivity index (χ1) is 7.76. The number of hydrogen-bond donors (Lipinski definition) is 2. The van der Waals surface area contributed by atoms with Crippen molar-refractivity contribution in [2.45, 2.75) is 6.92 Å². The van der Waals surface area contributed by atoms with Crippen LogP contribution in [0.15, 0.2) is 12.3 Å². The molecule has 0 bridgehead atoms. The van der Waals surface area contributed by atoms with Crippen LogP contribution in [0.1, 0.15) is 6.92 Å². The molecule has 0 amide bonds. The Labute approximate surface area is 95.5 Å². The second kappa shape index (κ2) is 4.57. The summed E-state index contributed by atoms with van der Waals surface area (Å²) in [5.74, 6) is 0.927. The van der Waals surface area contributed by atoms with E-state index in [1.54, 1.807) is 6.20 Å². The molecule has 16 heavy (non-hydrogen) atoms. The van der Waals surface area contributed by atoms with Gasteiger partial charge >= 0.3 is 0 Å². The van der Waals surface area contributed by atoms with Crippen LogP contribution in [-0.4, -0.2) is 42.9 Å². The second-order valence-corrected chi connectivity index (χ2v) is 3.90. The summed E-state index contributed by atoms with van der Waals surface area (Å²) in [5, 5.41) is 9.01. The molecule has 0 radical (unpaired) electrons. The van der Waals surface area contributed by atoms with Gasteiger partial charge in [0.15, 0.2) is 5.82 Å². The number of aromatic nitrogens is 1. The van der Waals surface area contributed by atoms with Gasteiger partial charge in [0.1, 0.15) is 0 Å². The van der Waals surface area contributed by atoms with Crippen LogP contribution in [-0.2, 0) is 0 Å². The van der Waals surface area contributed by atoms with E-state index in [2.05, 4.69) is 21.7 Å². The molecular weight excluding hydrogens is 204 g/mol. The first kappa shape index (κ1) is 11.0. The summed E-state index contributed by atoms with van der Waals surface area (Å²) in [6, 6.07) is 1.95. The lowest BCUT2D eigenvalue weighted by molar-refractivity contribution is 0.301. The number of aliphatic hydroxyl groups excluding tert-OH is 1. The van der Waals surface area contributed by atoms with Gasteiger partial charge in [-0.2, -0.15) is 0 Å². The van der Waals surface area contributed by atoms with Gasteiger partial charge in [-0.15, -0.1) is 0 Å². The number of aliphatic hydroxyl groups is 1. The van der Waals surface area contributed by atoms with E-state index in [-0.39, 0.29) is 6.61 Å². The summed E-state index contributed by atoms with van der Waals surface area (Å²) in [6.45, 7) is 5.70. The van der Waals surface area contributed by atoms with Crippen molar-refractivity contribution >= 4 is 17.2 Å². The summed E-state index contributed by atoms with van der Waals surface area (Å²) in [6.07, 6.45) is 1.67. The van der Waals surface area contributed by atoms with Crippen LogP contribution in [0.2, 0.25) is 0 Å². The van der Waals surface area contributed by atoms with Crippen LogP contribution < -0.4 is 15.5 Å². The van der Waals surface area contributed by atoms with Crippen molar-refractivity contribution in [3.8, 4) is 0 Å². The average Bonchev–Trinajstić information content (AvgIpc) is 2.29. The Hall–Kier alpha value is -1.49. The van der Waals surface area contributed by atoms with Gasteiger partial charge in [0.05, 0.1) is 24.2 Å². The van der Waals surface area contributed by atoms with Crippen molar-refractivity contribution in [1.82, 2.24) is 4.98 Å². The van der Waals surface area contributed by atoms with Crippen molar-refractivity contribution < 1.29 is 5.11 Å². The molecule has 0 saturated carbocycles. The molecule has 5 nitrogen and oxygen atoms in total. The van der Waals surface area contributed by atoms with Crippen molar-refractivity contribution in [3.63, 3.8) is 0 Å². The van der Waals surface area contributed by atoms with Gasteiger partial charge in [-0.05, 0) is 13.0 Å².